The van der Waals surface area contributed by atoms with Gasteiger partial charge in [0.1, 0.15) is 5.25 Å². The molecule has 4 nitrogen and oxygen atoms in total. The molecule has 2 N–H and O–H groups in total. The second-order valence-corrected chi connectivity index (χ2v) is 7.15. The van der Waals surface area contributed by atoms with Crippen LogP contribution in [0.5, 0.6) is 0 Å². The van der Waals surface area contributed by atoms with E-state index in [1.165, 1.54) is 0 Å². The number of nitrogens with two attached hydrogens (primary N) is 1. The second kappa shape index (κ2) is 5.92. The largest absolute Gasteiger partial charge is 0.392 e. The molecule has 0 aromatic rings. The second-order valence-electron chi connectivity index (χ2n) is 4.56. The van der Waals surface area contributed by atoms with Crippen LogP contribution >= 0.6 is 12.2 Å². The van der Waals surface area contributed by atoms with Gasteiger partial charge < -0.3 is 5.73 Å². The average molecular weight is 318 g/mol. The van der Waals surface area contributed by atoms with Crippen LogP contribution in [0.25, 0.3) is 0 Å². The van der Waals surface area contributed by atoms with E-state index < -0.39 is 27.4 Å². The number of rotatable bonds is 4. The van der Waals surface area contributed by atoms with Crippen LogP contribution in [0.15, 0.2) is 0 Å². The number of piperidine rings is 1. The van der Waals surface area contributed by atoms with Gasteiger partial charge in [-0.25, -0.2) is 12.7 Å². The molecule has 0 spiro atoms. The maximum Gasteiger partial charge on any atom is 0.391 e. The molecule has 9 heteroatoms. The zero-order valence-electron chi connectivity index (χ0n) is 10.5. The summed E-state index contributed by atoms with van der Waals surface area (Å²) in [5.74, 6) is -1.43. The lowest BCUT2D eigenvalue weighted by molar-refractivity contribution is -0.182. The van der Waals surface area contributed by atoms with Gasteiger partial charge in [0.2, 0.25) is 10.0 Å². The standard InChI is InChI=1S/C10H17F3N2O2S2/c1-2-8(9(14)18)19(16,17)15-5-3-7(4-6-15)10(11,12)13/h7-8H,2-6H2,1H3,(H2,14,18). The summed E-state index contributed by atoms with van der Waals surface area (Å²) in [5.41, 5.74) is 5.38. The van der Waals surface area contributed by atoms with Crippen LogP contribution < -0.4 is 5.73 Å². The van der Waals surface area contributed by atoms with E-state index in [-0.39, 0.29) is 37.3 Å². The number of hydrogen-bond donors (Lipinski definition) is 1. The fourth-order valence-electron chi connectivity index (χ4n) is 2.18. The molecule has 0 bridgehead atoms. The number of hydrogen-bond acceptors (Lipinski definition) is 3. The molecule has 0 aromatic carbocycles. The van der Waals surface area contributed by atoms with E-state index in [0.717, 1.165) is 4.31 Å². The molecule has 0 radical (unpaired) electrons. The summed E-state index contributed by atoms with van der Waals surface area (Å²) in [4.78, 5) is -0.138. The highest BCUT2D eigenvalue weighted by molar-refractivity contribution is 7.92. The summed E-state index contributed by atoms with van der Waals surface area (Å²) >= 11 is 4.71. The minimum Gasteiger partial charge on any atom is -0.392 e. The van der Waals surface area contributed by atoms with Crippen LogP contribution in [0.1, 0.15) is 26.2 Å². The Kier molecular flexibility index (Phi) is 5.19. The minimum absolute atomic E-state index is 0.133. The molecule has 1 heterocycles. The van der Waals surface area contributed by atoms with Crippen LogP contribution in [0.3, 0.4) is 0 Å². The van der Waals surface area contributed by atoms with Crippen LogP contribution in [-0.2, 0) is 10.0 Å². The molecule has 19 heavy (non-hydrogen) atoms. The van der Waals surface area contributed by atoms with Crippen molar-refractivity contribution >= 4 is 27.2 Å². The van der Waals surface area contributed by atoms with Crippen LogP contribution in [0.2, 0.25) is 0 Å². The highest BCUT2D eigenvalue weighted by Gasteiger charge is 2.44. The van der Waals surface area contributed by atoms with E-state index in [2.05, 4.69) is 0 Å². The number of sulfonamides is 1. The van der Waals surface area contributed by atoms with Gasteiger partial charge >= 0.3 is 6.18 Å². The highest BCUT2D eigenvalue weighted by Crippen LogP contribution is 2.35. The smallest absolute Gasteiger partial charge is 0.391 e. The molecule has 112 valence electrons. The lowest BCUT2D eigenvalue weighted by atomic mass is 9.98. The van der Waals surface area contributed by atoms with Crippen molar-refractivity contribution in [3.05, 3.63) is 0 Å². The molecule has 1 fully saturated rings. The molecule has 1 aliphatic rings. The maximum absolute atomic E-state index is 12.5. The molecule has 1 aliphatic heterocycles. The molecule has 0 amide bonds. The Balaban J connectivity index is 2.77. The van der Waals surface area contributed by atoms with Crippen LogP contribution in [-0.4, -0.2) is 42.2 Å². The van der Waals surface area contributed by atoms with Crippen molar-refractivity contribution in [2.75, 3.05) is 13.1 Å². The van der Waals surface area contributed by atoms with E-state index in [1.807, 2.05) is 0 Å². The number of thiocarbonyl (C=S) groups is 1. The van der Waals surface area contributed by atoms with Crippen molar-refractivity contribution in [2.45, 2.75) is 37.6 Å². The summed E-state index contributed by atoms with van der Waals surface area (Å²) in [6.45, 7) is 1.36. The molecular formula is C10H17F3N2O2S2. The monoisotopic (exact) mass is 318 g/mol. The Morgan fingerprint density at radius 3 is 2.21 bits per heavy atom. The Morgan fingerprint density at radius 1 is 1.42 bits per heavy atom. The van der Waals surface area contributed by atoms with Crippen molar-refractivity contribution in [3.63, 3.8) is 0 Å². The van der Waals surface area contributed by atoms with Crippen LogP contribution in [0, 0.1) is 5.92 Å². The van der Waals surface area contributed by atoms with Gasteiger partial charge in [0.25, 0.3) is 0 Å². The Morgan fingerprint density at radius 2 is 1.89 bits per heavy atom. The Bertz CT molecular complexity index is 429. The number of nitrogens with zero attached hydrogens (tertiary/aromatic N) is 1. The fourth-order valence-corrected chi connectivity index (χ4v) is 4.50. The quantitative estimate of drug-likeness (QED) is 0.801. The van der Waals surface area contributed by atoms with Gasteiger partial charge in [-0.15, -0.1) is 0 Å². The molecule has 0 aromatic heterocycles. The molecule has 0 saturated carbocycles. The molecule has 1 atom stereocenters. The van der Waals surface area contributed by atoms with Gasteiger partial charge in [0.15, 0.2) is 0 Å². The van der Waals surface area contributed by atoms with Gasteiger partial charge in [-0.3, -0.25) is 0 Å². The van der Waals surface area contributed by atoms with Gasteiger partial charge in [0.05, 0.1) is 10.9 Å². The maximum atomic E-state index is 12.5. The molecular weight excluding hydrogens is 301 g/mol. The number of halogens is 3. The topological polar surface area (TPSA) is 63.4 Å². The summed E-state index contributed by atoms with van der Waals surface area (Å²) in [5, 5.41) is -0.995. The third kappa shape index (κ3) is 3.79. The predicted octanol–water partition coefficient (Wildman–Crippen LogP) is 1.66. The molecule has 1 saturated heterocycles. The lowest BCUT2D eigenvalue weighted by Gasteiger charge is -2.34. The summed E-state index contributed by atoms with van der Waals surface area (Å²) in [6.07, 6.45) is -4.47. The summed E-state index contributed by atoms with van der Waals surface area (Å²) in [7, 11) is -3.74. The lowest BCUT2D eigenvalue weighted by Crippen LogP contribution is -2.48. The molecule has 1 rings (SSSR count). The van der Waals surface area contributed by atoms with E-state index in [1.54, 1.807) is 6.92 Å². The van der Waals surface area contributed by atoms with Crippen molar-refractivity contribution in [1.82, 2.24) is 4.31 Å². The highest BCUT2D eigenvalue weighted by atomic mass is 32.2. The van der Waals surface area contributed by atoms with Crippen molar-refractivity contribution in [2.24, 2.45) is 11.7 Å². The Labute approximate surface area is 116 Å². The Hall–Kier alpha value is -0.410. The average Bonchev–Trinajstić information content (AvgIpc) is 2.28. The zero-order valence-corrected chi connectivity index (χ0v) is 12.1. The number of alkyl halides is 3. The van der Waals surface area contributed by atoms with Crippen molar-refractivity contribution in [1.29, 1.82) is 0 Å². The SMILES string of the molecule is CCC(C(N)=S)S(=O)(=O)N1CCC(C(F)(F)F)CC1. The summed E-state index contributed by atoms with van der Waals surface area (Å²) < 4.78 is 63.0. The van der Waals surface area contributed by atoms with E-state index in [0.29, 0.717) is 0 Å². The third-order valence-corrected chi connectivity index (χ3v) is 6.15. The van der Waals surface area contributed by atoms with Gasteiger partial charge in [-0.1, -0.05) is 19.1 Å². The summed E-state index contributed by atoms with van der Waals surface area (Å²) in [6, 6.07) is 0. The molecule has 1 unspecified atom stereocenters. The van der Waals surface area contributed by atoms with Crippen molar-refractivity contribution < 1.29 is 21.6 Å². The van der Waals surface area contributed by atoms with Crippen LogP contribution in [0.4, 0.5) is 13.2 Å². The fraction of sp³-hybridized carbons (Fsp3) is 0.900. The zero-order chi connectivity index (χ0) is 14.8. The van der Waals surface area contributed by atoms with E-state index in [4.69, 9.17) is 18.0 Å². The van der Waals surface area contributed by atoms with E-state index in [9.17, 15) is 21.6 Å². The predicted molar refractivity (Wildman–Crippen MR) is 70.1 cm³/mol. The minimum atomic E-state index is -4.26. The molecule has 0 aliphatic carbocycles. The van der Waals surface area contributed by atoms with E-state index >= 15 is 0 Å². The first kappa shape index (κ1) is 16.6. The van der Waals surface area contributed by atoms with Gasteiger partial charge in [0, 0.05) is 13.1 Å². The third-order valence-electron chi connectivity index (χ3n) is 3.32. The van der Waals surface area contributed by atoms with Gasteiger partial charge in [-0.05, 0) is 19.3 Å². The first-order valence-corrected chi connectivity index (χ1v) is 7.86. The van der Waals surface area contributed by atoms with Gasteiger partial charge in [-0.2, -0.15) is 13.2 Å². The first-order valence-electron chi connectivity index (χ1n) is 5.95. The van der Waals surface area contributed by atoms with Crippen molar-refractivity contribution in [3.8, 4) is 0 Å². The normalized spacial score (nSPS) is 21.3. The first-order chi connectivity index (χ1) is 8.60.